The molecule has 0 aliphatic heterocycles. The number of benzene rings is 2. The molecule has 1 heterocycles. The van der Waals surface area contributed by atoms with Crippen molar-refractivity contribution in [3.63, 3.8) is 0 Å². The molecule has 3 aromatic rings. The van der Waals surface area contributed by atoms with Crippen molar-refractivity contribution in [3.05, 3.63) is 59.4 Å². The van der Waals surface area contributed by atoms with Crippen LogP contribution in [0.5, 0.6) is 5.75 Å². The Morgan fingerprint density at radius 3 is 2.47 bits per heavy atom. The molecule has 3 rings (SSSR count). The zero-order valence-electron chi connectivity index (χ0n) is 16.2. The van der Waals surface area contributed by atoms with Gasteiger partial charge in [0.2, 0.25) is 21.7 Å². The Hall–Kier alpha value is -3.11. The van der Waals surface area contributed by atoms with E-state index in [0.29, 0.717) is 22.3 Å². The first kappa shape index (κ1) is 21.6. The Morgan fingerprint density at radius 2 is 1.83 bits per heavy atom. The highest BCUT2D eigenvalue weighted by Crippen LogP contribution is 2.20. The second-order valence-corrected chi connectivity index (χ2v) is 8.76. The van der Waals surface area contributed by atoms with Crippen molar-refractivity contribution < 1.29 is 22.5 Å². The van der Waals surface area contributed by atoms with Crippen LogP contribution < -0.4 is 14.4 Å². The number of carbonyl (C=O) groups is 1. The quantitative estimate of drug-likeness (QED) is 0.560. The molecule has 9 nitrogen and oxygen atoms in total. The maximum atomic E-state index is 12.0. The van der Waals surface area contributed by atoms with E-state index in [9.17, 15) is 13.2 Å². The number of nitrogens with zero attached hydrogens (tertiary/aromatic N) is 3. The second-order valence-electron chi connectivity index (χ2n) is 6.31. The number of hydrogen-bond acceptors (Lipinski definition) is 7. The number of sulfonamides is 1. The summed E-state index contributed by atoms with van der Waals surface area (Å²) in [4.78, 5) is 16.2. The predicted octanol–water partition coefficient (Wildman–Crippen LogP) is 2.48. The topological polar surface area (TPSA) is 115 Å². The first-order valence-electron chi connectivity index (χ1n) is 8.74. The van der Waals surface area contributed by atoms with E-state index in [2.05, 4.69) is 15.5 Å². The molecule has 11 heteroatoms. The summed E-state index contributed by atoms with van der Waals surface area (Å²) in [5.41, 5.74) is 1.23. The molecule has 158 valence electrons. The summed E-state index contributed by atoms with van der Waals surface area (Å²) in [5.74, 6) is 0.699. The summed E-state index contributed by atoms with van der Waals surface area (Å²) in [6.07, 6.45) is 1.11. The number of ether oxygens (including phenoxy) is 1. The fourth-order valence-corrected chi connectivity index (χ4v) is 2.99. The molecule has 0 spiro atoms. The molecule has 2 aromatic carbocycles. The summed E-state index contributed by atoms with van der Waals surface area (Å²) >= 11 is 5.85. The first-order valence-corrected chi connectivity index (χ1v) is 11.0. The number of nitrogens with one attached hydrogen (secondary N) is 1. The Kier molecular flexibility index (Phi) is 6.58. The lowest BCUT2D eigenvalue weighted by Crippen LogP contribution is -2.28. The van der Waals surface area contributed by atoms with E-state index in [4.69, 9.17) is 20.9 Å². The van der Waals surface area contributed by atoms with E-state index < -0.39 is 10.0 Å². The van der Waals surface area contributed by atoms with Gasteiger partial charge < -0.3 is 14.6 Å². The summed E-state index contributed by atoms with van der Waals surface area (Å²) in [6, 6.07) is 13.3. The minimum atomic E-state index is -3.34. The van der Waals surface area contributed by atoms with Crippen molar-refractivity contribution in [2.45, 2.75) is 6.54 Å². The smallest absolute Gasteiger partial charge is 0.258 e. The number of aromatic nitrogens is 2. The van der Waals surface area contributed by atoms with Crippen LogP contribution in [0, 0.1) is 0 Å². The zero-order chi connectivity index (χ0) is 21.7. The average molecular weight is 451 g/mol. The van der Waals surface area contributed by atoms with Crippen LogP contribution in [-0.4, -0.2) is 44.4 Å². The largest absolute Gasteiger partial charge is 0.484 e. The molecular weight excluding hydrogens is 432 g/mol. The van der Waals surface area contributed by atoms with E-state index >= 15 is 0 Å². The van der Waals surface area contributed by atoms with Crippen molar-refractivity contribution in [1.82, 2.24) is 15.5 Å². The lowest BCUT2D eigenvalue weighted by atomic mass is 10.2. The van der Waals surface area contributed by atoms with Gasteiger partial charge in [-0.15, -0.1) is 0 Å². The van der Waals surface area contributed by atoms with Crippen molar-refractivity contribution >= 4 is 33.2 Å². The fraction of sp³-hybridized carbons (Fsp3) is 0.211. The number of hydrogen-bond donors (Lipinski definition) is 1. The van der Waals surface area contributed by atoms with Gasteiger partial charge in [-0.3, -0.25) is 9.10 Å². The molecular formula is C19H19ClN4O5S. The molecule has 0 fully saturated rings. The lowest BCUT2D eigenvalue weighted by Gasteiger charge is -2.16. The third-order valence-corrected chi connectivity index (χ3v) is 5.53. The molecule has 0 aliphatic carbocycles. The van der Waals surface area contributed by atoms with Gasteiger partial charge >= 0.3 is 0 Å². The maximum absolute atomic E-state index is 12.0. The van der Waals surface area contributed by atoms with Crippen LogP contribution in [0.25, 0.3) is 11.4 Å². The van der Waals surface area contributed by atoms with Gasteiger partial charge in [0.25, 0.3) is 5.91 Å². The van der Waals surface area contributed by atoms with Crippen molar-refractivity contribution in [1.29, 1.82) is 0 Å². The van der Waals surface area contributed by atoms with Gasteiger partial charge in [0, 0.05) is 17.6 Å². The third-order valence-electron chi connectivity index (χ3n) is 4.08. The van der Waals surface area contributed by atoms with Crippen LogP contribution in [0.15, 0.2) is 53.1 Å². The minimum absolute atomic E-state index is 0.0564. The SMILES string of the molecule is CN(c1ccc(OCC(=O)NCc2nc(-c3ccc(Cl)cc3)no2)cc1)S(C)(=O)=O. The molecule has 30 heavy (non-hydrogen) atoms. The molecule has 1 amide bonds. The molecule has 0 saturated carbocycles. The Morgan fingerprint density at radius 1 is 1.17 bits per heavy atom. The lowest BCUT2D eigenvalue weighted by molar-refractivity contribution is -0.123. The first-order chi connectivity index (χ1) is 14.2. The molecule has 0 radical (unpaired) electrons. The number of rotatable bonds is 8. The second kappa shape index (κ2) is 9.14. The van der Waals surface area contributed by atoms with E-state index in [-0.39, 0.29) is 24.9 Å². The number of anilines is 1. The highest BCUT2D eigenvalue weighted by Gasteiger charge is 2.13. The van der Waals surface area contributed by atoms with Gasteiger partial charge in [-0.2, -0.15) is 4.98 Å². The van der Waals surface area contributed by atoms with Gasteiger partial charge in [0.05, 0.1) is 18.5 Å². The van der Waals surface area contributed by atoms with Gasteiger partial charge in [-0.1, -0.05) is 16.8 Å². The molecule has 1 N–H and O–H groups in total. The summed E-state index contributed by atoms with van der Waals surface area (Å²) < 4.78 is 34.7. The van der Waals surface area contributed by atoms with Gasteiger partial charge in [0.15, 0.2) is 6.61 Å². The van der Waals surface area contributed by atoms with Crippen LogP contribution in [0.4, 0.5) is 5.69 Å². The van der Waals surface area contributed by atoms with Crippen LogP contribution in [0.2, 0.25) is 5.02 Å². The molecule has 0 saturated heterocycles. The Balaban J connectivity index is 1.48. The standard InChI is InChI=1S/C19H19ClN4O5S/c1-24(30(2,26)27)15-7-9-16(10-8-15)28-12-17(25)21-11-18-22-19(23-29-18)13-3-5-14(20)6-4-13/h3-10H,11-12H2,1-2H3,(H,21,25). The number of amides is 1. The summed E-state index contributed by atoms with van der Waals surface area (Å²) in [6.45, 7) is -0.166. The maximum Gasteiger partial charge on any atom is 0.258 e. The number of carbonyl (C=O) groups excluding carboxylic acids is 1. The van der Waals surface area contributed by atoms with Crippen LogP contribution in [0.3, 0.4) is 0 Å². The molecule has 1 aromatic heterocycles. The fourth-order valence-electron chi connectivity index (χ4n) is 2.36. The molecule has 0 bridgehead atoms. The highest BCUT2D eigenvalue weighted by atomic mass is 35.5. The van der Waals surface area contributed by atoms with E-state index in [0.717, 1.165) is 16.1 Å². The minimum Gasteiger partial charge on any atom is -0.484 e. The monoisotopic (exact) mass is 450 g/mol. The van der Waals surface area contributed by atoms with Crippen LogP contribution in [0.1, 0.15) is 5.89 Å². The molecule has 0 unspecified atom stereocenters. The Labute approximate surface area is 178 Å². The van der Waals surface area contributed by atoms with Gasteiger partial charge in [0.1, 0.15) is 5.75 Å². The normalized spacial score (nSPS) is 11.2. The molecule has 0 atom stereocenters. The third kappa shape index (κ3) is 5.71. The average Bonchev–Trinajstić information content (AvgIpc) is 3.19. The van der Waals surface area contributed by atoms with Gasteiger partial charge in [-0.05, 0) is 48.5 Å². The predicted molar refractivity (Wildman–Crippen MR) is 112 cm³/mol. The van der Waals surface area contributed by atoms with Crippen molar-refractivity contribution in [3.8, 4) is 17.1 Å². The van der Waals surface area contributed by atoms with Crippen molar-refractivity contribution in [2.75, 3.05) is 24.2 Å². The van der Waals surface area contributed by atoms with Crippen LogP contribution >= 0.6 is 11.6 Å². The summed E-state index contributed by atoms with van der Waals surface area (Å²) in [7, 11) is -1.89. The number of halogens is 1. The molecule has 0 aliphatic rings. The van der Waals surface area contributed by atoms with Gasteiger partial charge in [-0.25, -0.2) is 8.42 Å². The van der Waals surface area contributed by atoms with E-state index in [1.165, 1.54) is 7.05 Å². The van der Waals surface area contributed by atoms with E-state index in [1.807, 2.05) is 0 Å². The van der Waals surface area contributed by atoms with Crippen molar-refractivity contribution in [2.24, 2.45) is 0 Å². The Bertz CT molecular complexity index is 1110. The highest BCUT2D eigenvalue weighted by molar-refractivity contribution is 7.92. The van der Waals surface area contributed by atoms with E-state index in [1.54, 1.807) is 48.5 Å². The summed E-state index contributed by atoms with van der Waals surface area (Å²) in [5, 5.41) is 7.10. The van der Waals surface area contributed by atoms with Crippen LogP contribution in [-0.2, 0) is 21.4 Å². The zero-order valence-corrected chi connectivity index (χ0v) is 17.8.